The van der Waals surface area contributed by atoms with Crippen LogP contribution in [-0.2, 0) is 4.79 Å². The largest absolute Gasteiger partial charge is 0.369 e. The van der Waals surface area contributed by atoms with E-state index in [1.807, 2.05) is 0 Å². The molecule has 0 saturated carbocycles. The summed E-state index contributed by atoms with van der Waals surface area (Å²) in [7, 11) is 0. The van der Waals surface area contributed by atoms with Crippen LogP contribution in [-0.4, -0.2) is 32.2 Å². The molecule has 0 spiro atoms. The molecule has 2 aromatic carbocycles. The molecule has 0 aliphatic carbocycles. The Morgan fingerprint density at radius 1 is 1.07 bits per heavy atom. The first-order valence-electron chi connectivity index (χ1n) is 7.62. The average molecular weight is 410 g/mol. The quantitative estimate of drug-likeness (QED) is 0.597. The Morgan fingerprint density at radius 3 is 2.33 bits per heavy atom. The zero-order valence-corrected chi connectivity index (χ0v) is 15.3. The number of thioether (sulfide) groups is 2. The van der Waals surface area contributed by atoms with Crippen LogP contribution in [0.2, 0.25) is 0 Å². The topological polar surface area (TPSA) is 73.8 Å². The maximum absolute atomic E-state index is 13.2. The molecule has 0 unspecified atom stereocenters. The molecular formula is C17H13F3N4OS2. The third kappa shape index (κ3) is 4.83. The molecule has 5 nitrogen and oxygen atoms in total. The summed E-state index contributed by atoms with van der Waals surface area (Å²) in [5, 5.41) is 8.62. The fraction of sp³-hybridized carbons (Fsp3) is 0.118. The van der Waals surface area contributed by atoms with Crippen LogP contribution in [0.15, 0.2) is 58.6 Å². The third-order valence-corrected chi connectivity index (χ3v) is 5.07. The summed E-state index contributed by atoms with van der Waals surface area (Å²) in [6.07, 6.45) is 0. The molecule has 0 atom stereocenters. The molecule has 0 radical (unpaired) electrons. The normalized spacial score (nSPS) is 11.1. The van der Waals surface area contributed by atoms with Crippen molar-refractivity contribution in [3.63, 3.8) is 0 Å². The van der Waals surface area contributed by atoms with E-state index in [-0.39, 0.29) is 11.6 Å². The van der Waals surface area contributed by atoms with Gasteiger partial charge in [0.2, 0.25) is 5.91 Å². The van der Waals surface area contributed by atoms with Gasteiger partial charge in [-0.25, -0.2) is 4.39 Å². The minimum absolute atomic E-state index is 0.000862. The highest BCUT2D eigenvalue weighted by Gasteiger charge is 2.17. The maximum atomic E-state index is 13.2. The predicted molar refractivity (Wildman–Crippen MR) is 98.5 cm³/mol. The van der Waals surface area contributed by atoms with E-state index >= 15 is 0 Å². The van der Waals surface area contributed by atoms with Gasteiger partial charge in [0.15, 0.2) is 11.0 Å². The maximum Gasteiger partial charge on any atom is 0.288 e. The number of rotatable bonds is 7. The fourth-order valence-corrected chi connectivity index (χ4v) is 3.48. The molecule has 0 aliphatic heterocycles. The van der Waals surface area contributed by atoms with Crippen molar-refractivity contribution in [2.75, 3.05) is 5.75 Å². The Bertz CT molecular complexity index is 930. The number of benzene rings is 2. The second kappa shape index (κ2) is 8.49. The van der Waals surface area contributed by atoms with Crippen LogP contribution in [0.4, 0.5) is 13.2 Å². The van der Waals surface area contributed by atoms with Gasteiger partial charge >= 0.3 is 0 Å². The first kappa shape index (κ1) is 19.3. The van der Waals surface area contributed by atoms with Crippen LogP contribution in [0.1, 0.15) is 0 Å². The van der Waals surface area contributed by atoms with E-state index in [9.17, 15) is 18.0 Å². The lowest BCUT2D eigenvalue weighted by Gasteiger charge is -2.11. The molecule has 10 heteroatoms. The first-order valence-corrected chi connectivity index (χ1v) is 9.48. The number of aromatic nitrogens is 3. The van der Waals surface area contributed by atoms with Crippen LogP contribution in [0, 0.1) is 5.82 Å². The molecule has 27 heavy (non-hydrogen) atoms. The second-order valence-corrected chi connectivity index (χ2v) is 7.28. The van der Waals surface area contributed by atoms with Gasteiger partial charge in [-0.05, 0) is 48.5 Å². The highest BCUT2D eigenvalue weighted by Crippen LogP contribution is 2.30. The van der Waals surface area contributed by atoms with Gasteiger partial charge in [-0.1, -0.05) is 23.5 Å². The molecule has 3 rings (SSSR count). The van der Waals surface area contributed by atoms with E-state index in [2.05, 4.69) is 10.2 Å². The number of halogens is 3. The molecule has 1 aromatic heterocycles. The van der Waals surface area contributed by atoms with Crippen molar-refractivity contribution in [3.8, 4) is 17.1 Å². The van der Waals surface area contributed by atoms with Crippen molar-refractivity contribution < 1.29 is 18.0 Å². The molecule has 0 bridgehead atoms. The van der Waals surface area contributed by atoms with Crippen molar-refractivity contribution >= 4 is 29.4 Å². The number of carbonyl (C=O) groups excluding carboxylic acids is 1. The zero-order valence-electron chi connectivity index (χ0n) is 13.7. The highest BCUT2D eigenvalue weighted by molar-refractivity contribution is 8.00. The fourth-order valence-electron chi connectivity index (χ4n) is 2.29. The average Bonchev–Trinajstić information content (AvgIpc) is 3.04. The Morgan fingerprint density at radius 2 is 1.74 bits per heavy atom. The van der Waals surface area contributed by atoms with Crippen LogP contribution in [0.5, 0.6) is 0 Å². The predicted octanol–water partition coefficient (Wildman–Crippen LogP) is 3.97. The molecule has 1 heterocycles. The van der Waals surface area contributed by atoms with Gasteiger partial charge in [0.1, 0.15) is 5.82 Å². The first-order chi connectivity index (χ1) is 12.9. The SMILES string of the molecule is NC(=O)CSc1nnc(-c2ccc(F)cc2)n1-c1ccc(SC(F)F)cc1. The van der Waals surface area contributed by atoms with E-state index in [0.29, 0.717) is 38.9 Å². The summed E-state index contributed by atoms with van der Waals surface area (Å²) in [4.78, 5) is 11.5. The van der Waals surface area contributed by atoms with Gasteiger partial charge in [0.05, 0.1) is 5.75 Å². The molecule has 3 aromatic rings. The molecular weight excluding hydrogens is 397 g/mol. The van der Waals surface area contributed by atoms with Gasteiger partial charge in [0.25, 0.3) is 5.76 Å². The summed E-state index contributed by atoms with van der Waals surface area (Å²) in [6, 6.07) is 12.1. The van der Waals surface area contributed by atoms with Crippen LogP contribution >= 0.6 is 23.5 Å². The standard InChI is InChI=1S/C17H13F3N4OS2/c18-11-3-1-10(2-4-11)15-22-23-17(26-9-14(21)25)24(15)12-5-7-13(8-6-12)27-16(19)20/h1-8,16H,9H2,(H2,21,25). The van der Waals surface area contributed by atoms with Gasteiger partial charge in [-0.15, -0.1) is 10.2 Å². The number of nitrogens with zero attached hydrogens (tertiary/aromatic N) is 3. The molecule has 2 N–H and O–H groups in total. The van der Waals surface area contributed by atoms with Crippen LogP contribution in [0.3, 0.4) is 0 Å². The minimum atomic E-state index is -2.51. The van der Waals surface area contributed by atoms with Crippen molar-refractivity contribution in [1.29, 1.82) is 0 Å². The van der Waals surface area contributed by atoms with Crippen molar-refractivity contribution in [2.45, 2.75) is 15.8 Å². The van der Waals surface area contributed by atoms with Crippen LogP contribution in [0.25, 0.3) is 17.1 Å². The number of nitrogens with two attached hydrogens (primary N) is 1. The van der Waals surface area contributed by atoms with Gasteiger partial charge in [-0.2, -0.15) is 8.78 Å². The molecule has 140 valence electrons. The molecule has 1 amide bonds. The van der Waals surface area contributed by atoms with Gasteiger partial charge < -0.3 is 5.73 Å². The minimum Gasteiger partial charge on any atom is -0.369 e. The zero-order chi connectivity index (χ0) is 19.4. The summed E-state index contributed by atoms with van der Waals surface area (Å²) in [6.45, 7) is 0. The van der Waals surface area contributed by atoms with E-state index < -0.39 is 11.7 Å². The second-order valence-electron chi connectivity index (χ2n) is 5.28. The summed E-state index contributed by atoms with van der Waals surface area (Å²) in [5.41, 5.74) is 6.42. The molecule has 0 aliphatic rings. The monoisotopic (exact) mass is 410 g/mol. The molecule has 0 saturated heterocycles. The number of hydrogen-bond acceptors (Lipinski definition) is 5. The number of hydrogen-bond donors (Lipinski definition) is 1. The summed E-state index contributed by atoms with van der Waals surface area (Å²) < 4.78 is 39.9. The smallest absolute Gasteiger partial charge is 0.288 e. The van der Waals surface area contributed by atoms with E-state index in [1.165, 1.54) is 12.1 Å². The van der Waals surface area contributed by atoms with Crippen molar-refractivity contribution in [3.05, 3.63) is 54.3 Å². The Labute approximate surface area is 161 Å². The third-order valence-electron chi connectivity index (χ3n) is 3.40. The Hall–Kier alpha value is -2.46. The highest BCUT2D eigenvalue weighted by atomic mass is 32.2. The molecule has 0 fully saturated rings. The Balaban J connectivity index is 2.02. The van der Waals surface area contributed by atoms with Crippen molar-refractivity contribution in [1.82, 2.24) is 14.8 Å². The number of alkyl halides is 2. The van der Waals surface area contributed by atoms with E-state index in [0.717, 1.165) is 11.8 Å². The van der Waals surface area contributed by atoms with Crippen LogP contribution < -0.4 is 5.73 Å². The van der Waals surface area contributed by atoms with E-state index in [1.54, 1.807) is 41.0 Å². The lowest BCUT2D eigenvalue weighted by atomic mass is 10.2. The lowest BCUT2D eigenvalue weighted by Crippen LogP contribution is -2.13. The number of carbonyl (C=O) groups is 1. The summed E-state index contributed by atoms with van der Waals surface area (Å²) >= 11 is 1.54. The van der Waals surface area contributed by atoms with E-state index in [4.69, 9.17) is 5.73 Å². The van der Waals surface area contributed by atoms with Crippen molar-refractivity contribution in [2.24, 2.45) is 5.73 Å². The van der Waals surface area contributed by atoms with Gasteiger partial charge in [-0.3, -0.25) is 9.36 Å². The number of primary amides is 1. The summed E-state index contributed by atoms with van der Waals surface area (Å²) in [5.74, 6) is -2.98. The number of amides is 1. The lowest BCUT2D eigenvalue weighted by molar-refractivity contribution is -0.115. The van der Waals surface area contributed by atoms with Gasteiger partial charge in [0, 0.05) is 16.1 Å². The Kier molecular flexibility index (Phi) is 6.07.